The number of rotatable bonds is 4. The Balaban J connectivity index is 2.10. The Morgan fingerprint density at radius 2 is 2.04 bits per heavy atom. The van der Waals surface area contributed by atoms with Gasteiger partial charge in [-0.3, -0.25) is 9.10 Å². The molecule has 3 rings (SSSR count). The number of benzene rings is 2. The molecule has 26 heavy (non-hydrogen) atoms. The van der Waals surface area contributed by atoms with Gasteiger partial charge < -0.3 is 5.32 Å². The smallest absolute Gasteiger partial charge is 0.264 e. The van der Waals surface area contributed by atoms with Crippen LogP contribution in [0.25, 0.3) is 0 Å². The molecule has 1 aliphatic heterocycles. The molecule has 0 radical (unpaired) electrons. The molecule has 2 aromatic carbocycles. The van der Waals surface area contributed by atoms with E-state index in [1.807, 2.05) is 18.2 Å². The first kappa shape index (κ1) is 18.0. The highest BCUT2D eigenvalue weighted by Crippen LogP contribution is 2.38. The highest BCUT2D eigenvalue weighted by Gasteiger charge is 2.31. The van der Waals surface area contributed by atoms with Gasteiger partial charge in [-0.2, -0.15) is 5.26 Å². The molecule has 0 atom stereocenters. The van der Waals surface area contributed by atoms with Crippen LogP contribution in [0.15, 0.2) is 47.4 Å². The van der Waals surface area contributed by atoms with E-state index in [2.05, 4.69) is 5.32 Å². The van der Waals surface area contributed by atoms with E-state index in [0.29, 0.717) is 29.9 Å². The van der Waals surface area contributed by atoms with Crippen LogP contribution in [-0.2, 0) is 27.7 Å². The summed E-state index contributed by atoms with van der Waals surface area (Å²) in [7, 11) is -3.80. The molecule has 1 heterocycles. The number of nitriles is 1. The first-order chi connectivity index (χ1) is 12.4. The molecule has 2 aromatic rings. The summed E-state index contributed by atoms with van der Waals surface area (Å²) in [6.07, 6.45) is 1.61. The fourth-order valence-corrected chi connectivity index (χ4v) is 4.81. The van der Waals surface area contributed by atoms with Gasteiger partial charge in [-0.25, -0.2) is 8.42 Å². The molecular weight excluding hydrogens is 350 g/mol. The van der Waals surface area contributed by atoms with Gasteiger partial charge in [-0.1, -0.05) is 24.3 Å². The number of anilines is 2. The maximum absolute atomic E-state index is 13.3. The second-order valence-corrected chi connectivity index (χ2v) is 8.02. The molecule has 6 nitrogen and oxygen atoms in total. The fraction of sp³-hybridized carbons (Fsp3) is 0.263. The number of nitrogens with one attached hydrogen (secondary N) is 1. The van der Waals surface area contributed by atoms with Crippen LogP contribution in [-0.4, -0.2) is 20.9 Å². The SMILES string of the molecule is CC(=O)Nc1cccc2c1N(S(=O)(=O)c1cccc(CC#N)c1)CCC2. The molecular formula is C19H19N3O3S. The highest BCUT2D eigenvalue weighted by molar-refractivity contribution is 7.92. The zero-order chi connectivity index (χ0) is 18.7. The molecule has 0 aromatic heterocycles. The van der Waals surface area contributed by atoms with Crippen LogP contribution in [0.5, 0.6) is 0 Å². The van der Waals surface area contributed by atoms with E-state index < -0.39 is 10.0 Å². The Kier molecular flexibility index (Phi) is 4.96. The van der Waals surface area contributed by atoms with Gasteiger partial charge in [0, 0.05) is 13.5 Å². The molecule has 0 bridgehead atoms. The van der Waals surface area contributed by atoms with Gasteiger partial charge in [0.2, 0.25) is 5.91 Å². The number of para-hydroxylation sites is 1. The highest BCUT2D eigenvalue weighted by atomic mass is 32.2. The van der Waals surface area contributed by atoms with Crippen molar-refractivity contribution in [2.45, 2.75) is 31.1 Å². The summed E-state index contributed by atoms with van der Waals surface area (Å²) in [6, 6.07) is 13.9. The predicted molar refractivity (Wildman–Crippen MR) is 99.4 cm³/mol. The summed E-state index contributed by atoms with van der Waals surface area (Å²) in [4.78, 5) is 11.7. The minimum absolute atomic E-state index is 0.149. The Morgan fingerprint density at radius 3 is 2.77 bits per heavy atom. The molecule has 1 N–H and O–H groups in total. The van der Waals surface area contributed by atoms with E-state index >= 15 is 0 Å². The molecule has 134 valence electrons. The largest absolute Gasteiger partial charge is 0.325 e. The number of carbonyl (C=O) groups excluding carboxylic acids is 1. The first-order valence-electron chi connectivity index (χ1n) is 8.31. The van der Waals surface area contributed by atoms with Crippen molar-refractivity contribution in [2.75, 3.05) is 16.2 Å². The molecule has 0 saturated carbocycles. The van der Waals surface area contributed by atoms with Crippen molar-refractivity contribution in [3.05, 3.63) is 53.6 Å². The third-order valence-corrected chi connectivity index (χ3v) is 6.05. The number of sulfonamides is 1. The Bertz CT molecular complexity index is 993. The summed E-state index contributed by atoms with van der Waals surface area (Å²) in [6.45, 7) is 1.74. The zero-order valence-corrected chi connectivity index (χ0v) is 15.2. The van der Waals surface area contributed by atoms with Gasteiger partial charge in [-0.15, -0.1) is 0 Å². The van der Waals surface area contributed by atoms with E-state index in [1.165, 1.54) is 23.4 Å². The van der Waals surface area contributed by atoms with Crippen LogP contribution in [0.2, 0.25) is 0 Å². The summed E-state index contributed by atoms with van der Waals surface area (Å²) in [5.41, 5.74) is 2.56. The molecule has 7 heteroatoms. The van der Waals surface area contributed by atoms with Crippen molar-refractivity contribution in [3.8, 4) is 6.07 Å². The number of hydrogen-bond donors (Lipinski definition) is 1. The van der Waals surface area contributed by atoms with Crippen LogP contribution in [0, 0.1) is 11.3 Å². The number of hydrogen-bond acceptors (Lipinski definition) is 4. The maximum Gasteiger partial charge on any atom is 0.264 e. The summed E-state index contributed by atoms with van der Waals surface area (Å²) in [5.74, 6) is -0.252. The standard InChI is InChI=1S/C19H19N3O3S/c1-14(23)21-18-9-3-6-16-7-4-12-22(19(16)18)26(24,25)17-8-2-5-15(13-17)10-11-20/h2-3,5-6,8-9,13H,4,7,10,12H2,1H3,(H,21,23). The van der Waals surface area contributed by atoms with Gasteiger partial charge >= 0.3 is 0 Å². The first-order valence-corrected chi connectivity index (χ1v) is 9.75. The lowest BCUT2D eigenvalue weighted by Gasteiger charge is -2.32. The number of amides is 1. The van der Waals surface area contributed by atoms with Crippen LogP contribution in [0.4, 0.5) is 11.4 Å². The number of carbonyl (C=O) groups is 1. The van der Waals surface area contributed by atoms with E-state index in [1.54, 1.807) is 18.2 Å². The van der Waals surface area contributed by atoms with Crippen molar-refractivity contribution >= 4 is 27.3 Å². The van der Waals surface area contributed by atoms with Gasteiger partial charge in [0.15, 0.2) is 0 Å². The average molecular weight is 369 g/mol. The summed E-state index contributed by atoms with van der Waals surface area (Å²) in [5, 5.41) is 11.6. The lowest BCUT2D eigenvalue weighted by molar-refractivity contribution is -0.114. The average Bonchev–Trinajstić information content (AvgIpc) is 2.61. The third-order valence-electron chi connectivity index (χ3n) is 4.26. The van der Waals surface area contributed by atoms with Crippen molar-refractivity contribution in [1.29, 1.82) is 5.26 Å². The van der Waals surface area contributed by atoms with Crippen molar-refractivity contribution in [1.82, 2.24) is 0 Å². The van der Waals surface area contributed by atoms with Gasteiger partial charge in [0.05, 0.1) is 28.8 Å². The minimum atomic E-state index is -3.80. The summed E-state index contributed by atoms with van der Waals surface area (Å²) >= 11 is 0. The van der Waals surface area contributed by atoms with Crippen LogP contribution in [0.3, 0.4) is 0 Å². The van der Waals surface area contributed by atoms with Gasteiger partial charge in [0.25, 0.3) is 10.0 Å². The second-order valence-electron chi connectivity index (χ2n) is 6.16. The summed E-state index contributed by atoms with van der Waals surface area (Å²) < 4.78 is 27.9. The quantitative estimate of drug-likeness (QED) is 0.897. The zero-order valence-electron chi connectivity index (χ0n) is 14.4. The normalized spacial score (nSPS) is 13.6. The molecule has 0 unspecified atom stereocenters. The van der Waals surface area contributed by atoms with E-state index in [4.69, 9.17) is 5.26 Å². The Hall–Kier alpha value is -2.85. The van der Waals surface area contributed by atoms with Crippen LogP contribution >= 0.6 is 0 Å². The minimum Gasteiger partial charge on any atom is -0.325 e. The molecule has 0 spiro atoms. The van der Waals surface area contributed by atoms with E-state index in [-0.39, 0.29) is 17.2 Å². The molecule has 0 aliphatic carbocycles. The van der Waals surface area contributed by atoms with E-state index in [0.717, 1.165) is 12.0 Å². The van der Waals surface area contributed by atoms with Crippen molar-refractivity contribution in [3.63, 3.8) is 0 Å². The van der Waals surface area contributed by atoms with Crippen molar-refractivity contribution in [2.24, 2.45) is 0 Å². The molecule has 1 amide bonds. The van der Waals surface area contributed by atoms with Crippen LogP contribution < -0.4 is 9.62 Å². The Labute approximate surface area is 153 Å². The van der Waals surface area contributed by atoms with E-state index in [9.17, 15) is 13.2 Å². The monoisotopic (exact) mass is 369 g/mol. The van der Waals surface area contributed by atoms with Crippen molar-refractivity contribution < 1.29 is 13.2 Å². The fourth-order valence-electron chi connectivity index (χ4n) is 3.18. The predicted octanol–water partition coefficient (Wildman–Crippen LogP) is 2.85. The Morgan fingerprint density at radius 1 is 1.27 bits per heavy atom. The van der Waals surface area contributed by atoms with Gasteiger partial charge in [0.1, 0.15) is 0 Å². The second kappa shape index (κ2) is 7.18. The third kappa shape index (κ3) is 3.41. The molecule has 0 saturated heterocycles. The van der Waals surface area contributed by atoms with Crippen LogP contribution in [0.1, 0.15) is 24.5 Å². The number of nitrogens with zero attached hydrogens (tertiary/aromatic N) is 2. The molecule has 0 fully saturated rings. The topological polar surface area (TPSA) is 90.3 Å². The van der Waals surface area contributed by atoms with Gasteiger partial charge in [-0.05, 0) is 42.2 Å². The lowest BCUT2D eigenvalue weighted by atomic mass is 10.0. The molecule has 1 aliphatic rings. The number of aryl methyl sites for hydroxylation is 1. The number of fused-ring (bicyclic) bond motifs is 1. The lowest BCUT2D eigenvalue weighted by Crippen LogP contribution is -2.36. The maximum atomic E-state index is 13.3.